The van der Waals surface area contributed by atoms with Gasteiger partial charge in [0.2, 0.25) is 0 Å². The number of halogens is 1. The second-order valence-corrected chi connectivity index (χ2v) is 8.01. The van der Waals surface area contributed by atoms with Crippen molar-refractivity contribution in [1.29, 1.82) is 0 Å². The first-order valence-electron chi connectivity index (χ1n) is 4.84. The van der Waals surface area contributed by atoms with E-state index in [1.807, 2.05) is 0 Å². The SMILES string of the molecule is CS(=O)(=O)CCS(=O)Cc1cc(N)ccc1Cl. The van der Waals surface area contributed by atoms with Gasteiger partial charge in [0.15, 0.2) is 0 Å². The minimum Gasteiger partial charge on any atom is -0.399 e. The first kappa shape index (κ1) is 14.5. The average molecular weight is 296 g/mol. The van der Waals surface area contributed by atoms with Crippen LogP contribution in [0.15, 0.2) is 18.2 Å². The van der Waals surface area contributed by atoms with Crippen LogP contribution in [0.5, 0.6) is 0 Å². The van der Waals surface area contributed by atoms with E-state index in [4.69, 9.17) is 17.3 Å². The van der Waals surface area contributed by atoms with E-state index in [2.05, 4.69) is 0 Å². The zero-order valence-corrected chi connectivity index (χ0v) is 11.7. The molecule has 0 saturated carbocycles. The Bertz CT molecular complexity index is 528. The van der Waals surface area contributed by atoms with E-state index >= 15 is 0 Å². The Kier molecular flexibility index (Phi) is 4.97. The zero-order valence-electron chi connectivity index (χ0n) is 9.35. The number of hydrogen-bond donors (Lipinski definition) is 1. The predicted octanol–water partition coefficient (Wildman–Crippen LogP) is 1.22. The lowest BCUT2D eigenvalue weighted by molar-refractivity contribution is 0.602. The second-order valence-electron chi connectivity index (χ2n) is 3.77. The molecule has 1 aromatic rings. The summed E-state index contributed by atoms with van der Waals surface area (Å²) in [6, 6.07) is 4.95. The van der Waals surface area contributed by atoms with Crippen molar-refractivity contribution in [2.24, 2.45) is 0 Å². The summed E-state index contributed by atoms with van der Waals surface area (Å²) in [7, 11) is -4.34. The van der Waals surface area contributed by atoms with Crippen molar-refractivity contribution in [1.82, 2.24) is 0 Å². The highest BCUT2D eigenvalue weighted by Crippen LogP contribution is 2.20. The molecule has 0 aliphatic heterocycles. The number of anilines is 1. The highest BCUT2D eigenvalue weighted by molar-refractivity contribution is 7.92. The van der Waals surface area contributed by atoms with Crippen LogP contribution in [0.25, 0.3) is 0 Å². The molecule has 0 bridgehead atoms. The van der Waals surface area contributed by atoms with Crippen LogP contribution in [0.4, 0.5) is 5.69 Å². The smallest absolute Gasteiger partial charge is 0.148 e. The highest BCUT2D eigenvalue weighted by Gasteiger charge is 2.09. The summed E-state index contributed by atoms with van der Waals surface area (Å²) in [5, 5.41) is 0.493. The number of nitrogen functional groups attached to an aromatic ring is 1. The Labute approximate surface area is 109 Å². The van der Waals surface area contributed by atoms with Crippen molar-refractivity contribution in [3.05, 3.63) is 28.8 Å². The Morgan fingerprint density at radius 2 is 2.06 bits per heavy atom. The average Bonchev–Trinajstić information content (AvgIpc) is 2.20. The van der Waals surface area contributed by atoms with Gasteiger partial charge in [-0.15, -0.1) is 0 Å². The van der Waals surface area contributed by atoms with Gasteiger partial charge in [0.1, 0.15) is 9.84 Å². The van der Waals surface area contributed by atoms with E-state index in [1.54, 1.807) is 18.2 Å². The van der Waals surface area contributed by atoms with Crippen LogP contribution in [0.3, 0.4) is 0 Å². The molecule has 0 aromatic heterocycles. The van der Waals surface area contributed by atoms with Gasteiger partial charge in [-0.2, -0.15) is 0 Å². The molecular formula is C10H14ClNO3S2. The molecule has 17 heavy (non-hydrogen) atoms. The van der Waals surface area contributed by atoms with Crippen molar-refractivity contribution in [3.63, 3.8) is 0 Å². The Morgan fingerprint density at radius 3 is 2.65 bits per heavy atom. The van der Waals surface area contributed by atoms with Gasteiger partial charge < -0.3 is 5.73 Å². The van der Waals surface area contributed by atoms with Crippen molar-refractivity contribution in [2.45, 2.75) is 5.75 Å². The minimum atomic E-state index is -3.08. The molecule has 7 heteroatoms. The van der Waals surface area contributed by atoms with Gasteiger partial charge in [-0.3, -0.25) is 4.21 Å². The lowest BCUT2D eigenvalue weighted by Crippen LogP contribution is -2.13. The summed E-state index contributed by atoms with van der Waals surface area (Å²) < 4.78 is 33.5. The first-order valence-corrected chi connectivity index (χ1v) is 8.77. The van der Waals surface area contributed by atoms with Crippen LogP contribution >= 0.6 is 11.6 Å². The fraction of sp³-hybridized carbons (Fsp3) is 0.400. The number of rotatable bonds is 5. The minimum absolute atomic E-state index is 0.0838. The van der Waals surface area contributed by atoms with Crippen LogP contribution in [-0.2, 0) is 26.4 Å². The molecule has 1 aromatic carbocycles. The largest absolute Gasteiger partial charge is 0.399 e. The Morgan fingerprint density at radius 1 is 1.41 bits per heavy atom. The summed E-state index contributed by atoms with van der Waals surface area (Å²) in [6.45, 7) is 0. The zero-order chi connectivity index (χ0) is 13.1. The fourth-order valence-corrected chi connectivity index (χ4v) is 4.14. The molecule has 2 N–H and O–H groups in total. The van der Waals surface area contributed by atoms with Crippen LogP contribution in [-0.4, -0.2) is 30.4 Å². The van der Waals surface area contributed by atoms with Gasteiger partial charge in [0.25, 0.3) is 0 Å². The lowest BCUT2D eigenvalue weighted by Gasteiger charge is -2.05. The summed E-state index contributed by atoms with van der Waals surface area (Å²) in [6.07, 6.45) is 1.12. The molecule has 0 aliphatic rings. The molecule has 1 rings (SSSR count). The van der Waals surface area contributed by atoms with Crippen LogP contribution in [0.2, 0.25) is 5.02 Å². The van der Waals surface area contributed by atoms with Gasteiger partial charge in [-0.05, 0) is 23.8 Å². The van der Waals surface area contributed by atoms with Gasteiger partial charge in [-0.1, -0.05) is 11.6 Å². The van der Waals surface area contributed by atoms with Crippen molar-refractivity contribution in [2.75, 3.05) is 23.5 Å². The summed E-state index contributed by atoms with van der Waals surface area (Å²) >= 11 is 5.92. The maximum absolute atomic E-state index is 11.7. The number of benzene rings is 1. The molecule has 4 nitrogen and oxygen atoms in total. The molecule has 0 saturated heterocycles. The topological polar surface area (TPSA) is 77.2 Å². The quantitative estimate of drug-likeness (QED) is 0.829. The summed E-state index contributed by atoms with van der Waals surface area (Å²) in [4.78, 5) is 0. The van der Waals surface area contributed by atoms with Gasteiger partial charge in [0.05, 0.1) is 11.5 Å². The number of sulfone groups is 1. The van der Waals surface area contributed by atoms with Gasteiger partial charge in [-0.25, -0.2) is 8.42 Å². The maximum atomic E-state index is 11.7. The standard InChI is InChI=1S/C10H14ClNO3S2/c1-17(14,15)5-4-16(13)7-8-6-9(12)2-3-10(8)11/h2-3,6H,4-5,7,12H2,1H3. The third kappa shape index (κ3) is 5.52. The third-order valence-electron chi connectivity index (χ3n) is 2.07. The van der Waals surface area contributed by atoms with E-state index < -0.39 is 20.6 Å². The monoisotopic (exact) mass is 295 g/mol. The van der Waals surface area contributed by atoms with Crippen LogP contribution in [0, 0.1) is 0 Å². The van der Waals surface area contributed by atoms with E-state index in [1.165, 1.54) is 0 Å². The van der Waals surface area contributed by atoms with Crippen molar-refractivity contribution >= 4 is 37.9 Å². The van der Waals surface area contributed by atoms with E-state index in [9.17, 15) is 12.6 Å². The van der Waals surface area contributed by atoms with E-state index in [0.29, 0.717) is 16.3 Å². The molecule has 1 atom stereocenters. The Hall–Kier alpha value is -0.590. The lowest BCUT2D eigenvalue weighted by atomic mass is 10.2. The van der Waals surface area contributed by atoms with E-state index in [-0.39, 0.29) is 17.3 Å². The number of hydrogen-bond acceptors (Lipinski definition) is 4. The molecule has 1 unspecified atom stereocenters. The Balaban J connectivity index is 2.65. The van der Waals surface area contributed by atoms with Crippen molar-refractivity contribution in [3.8, 4) is 0 Å². The molecule has 0 heterocycles. The molecule has 0 amide bonds. The van der Waals surface area contributed by atoms with Gasteiger partial charge >= 0.3 is 0 Å². The third-order valence-corrected chi connectivity index (χ3v) is 4.93. The predicted molar refractivity (Wildman–Crippen MR) is 72.3 cm³/mol. The highest BCUT2D eigenvalue weighted by atomic mass is 35.5. The molecule has 0 aliphatic carbocycles. The maximum Gasteiger partial charge on any atom is 0.148 e. The van der Waals surface area contributed by atoms with Crippen LogP contribution in [0.1, 0.15) is 5.56 Å². The molecular weight excluding hydrogens is 282 g/mol. The summed E-state index contributed by atoms with van der Waals surface area (Å²) in [5.74, 6) is 0.253. The van der Waals surface area contributed by atoms with Crippen LogP contribution < -0.4 is 5.73 Å². The molecule has 96 valence electrons. The number of nitrogens with two attached hydrogens (primary N) is 1. The normalized spacial score (nSPS) is 13.5. The molecule has 0 radical (unpaired) electrons. The van der Waals surface area contributed by atoms with Gasteiger partial charge in [0, 0.05) is 33.5 Å². The van der Waals surface area contributed by atoms with E-state index in [0.717, 1.165) is 6.26 Å². The summed E-state index contributed by atoms with van der Waals surface area (Å²) in [5.41, 5.74) is 6.82. The van der Waals surface area contributed by atoms with Crippen molar-refractivity contribution < 1.29 is 12.6 Å². The molecule has 0 fully saturated rings. The fourth-order valence-electron chi connectivity index (χ4n) is 1.20. The molecule has 0 spiro atoms. The first-order chi connectivity index (χ1) is 7.78. The second kappa shape index (κ2) is 5.84.